The van der Waals surface area contributed by atoms with Gasteiger partial charge in [0.15, 0.2) is 0 Å². The van der Waals surface area contributed by atoms with E-state index >= 15 is 0 Å². The Kier molecular flexibility index (Phi) is 5.40. The average molecular weight is 288 g/mol. The summed E-state index contributed by atoms with van der Waals surface area (Å²) in [6.07, 6.45) is 6.53. The van der Waals surface area contributed by atoms with Crippen LogP contribution in [-0.2, 0) is 11.3 Å². The number of carbonyl (C=O) groups excluding carboxylic acids is 1. The van der Waals surface area contributed by atoms with Crippen molar-refractivity contribution in [3.05, 3.63) is 35.4 Å². The molecule has 2 N–H and O–H groups in total. The molecule has 0 saturated heterocycles. The Labute approximate surface area is 128 Å². The van der Waals surface area contributed by atoms with E-state index in [9.17, 15) is 4.79 Å². The minimum absolute atomic E-state index is 0.0518. The van der Waals surface area contributed by atoms with E-state index in [1.165, 1.54) is 30.4 Å². The second kappa shape index (κ2) is 7.08. The first kappa shape index (κ1) is 16.0. The molecule has 2 rings (SSSR count). The number of benzene rings is 1. The van der Waals surface area contributed by atoms with Crippen molar-refractivity contribution in [2.24, 2.45) is 11.1 Å². The van der Waals surface area contributed by atoms with E-state index in [-0.39, 0.29) is 11.3 Å². The van der Waals surface area contributed by atoms with Crippen LogP contribution in [-0.4, -0.2) is 24.4 Å². The Morgan fingerprint density at radius 2 is 2.00 bits per heavy atom. The SMILES string of the molecule is Cc1cccc(CN(C)C(=O)CC2(CN)CCCCC2)c1. The first-order valence-electron chi connectivity index (χ1n) is 8.04. The van der Waals surface area contributed by atoms with Crippen LogP contribution >= 0.6 is 0 Å². The van der Waals surface area contributed by atoms with Crippen LogP contribution in [0.15, 0.2) is 24.3 Å². The molecule has 1 aliphatic rings. The first-order valence-corrected chi connectivity index (χ1v) is 8.04. The Morgan fingerprint density at radius 3 is 2.62 bits per heavy atom. The highest BCUT2D eigenvalue weighted by atomic mass is 16.2. The number of nitrogens with two attached hydrogens (primary N) is 1. The lowest BCUT2D eigenvalue weighted by molar-refractivity contribution is -0.133. The van der Waals surface area contributed by atoms with Gasteiger partial charge >= 0.3 is 0 Å². The van der Waals surface area contributed by atoms with Crippen LogP contribution in [0.25, 0.3) is 0 Å². The summed E-state index contributed by atoms with van der Waals surface area (Å²) in [6.45, 7) is 3.40. The van der Waals surface area contributed by atoms with Crippen molar-refractivity contribution in [2.45, 2.75) is 52.0 Å². The molecule has 116 valence electrons. The van der Waals surface area contributed by atoms with Gasteiger partial charge < -0.3 is 10.6 Å². The Balaban J connectivity index is 1.95. The summed E-state index contributed by atoms with van der Waals surface area (Å²) in [5.74, 6) is 0.226. The molecule has 0 aromatic heterocycles. The molecule has 0 atom stereocenters. The van der Waals surface area contributed by atoms with Crippen molar-refractivity contribution in [2.75, 3.05) is 13.6 Å². The Morgan fingerprint density at radius 1 is 1.29 bits per heavy atom. The van der Waals surface area contributed by atoms with Gasteiger partial charge in [0, 0.05) is 20.0 Å². The fraction of sp³-hybridized carbons (Fsp3) is 0.611. The fourth-order valence-electron chi connectivity index (χ4n) is 3.38. The molecule has 3 heteroatoms. The van der Waals surface area contributed by atoms with E-state index in [1.54, 1.807) is 0 Å². The third kappa shape index (κ3) is 4.31. The summed E-state index contributed by atoms with van der Waals surface area (Å²) < 4.78 is 0. The predicted octanol–water partition coefficient (Wildman–Crippen LogP) is 3.25. The van der Waals surface area contributed by atoms with E-state index < -0.39 is 0 Å². The van der Waals surface area contributed by atoms with Gasteiger partial charge in [-0.25, -0.2) is 0 Å². The van der Waals surface area contributed by atoms with Crippen LogP contribution in [0.2, 0.25) is 0 Å². The molecule has 1 aromatic rings. The quantitative estimate of drug-likeness (QED) is 0.904. The lowest BCUT2D eigenvalue weighted by atomic mass is 9.71. The minimum atomic E-state index is 0.0518. The van der Waals surface area contributed by atoms with E-state index in [1.807, 2.05) is 18.0 Å². The topological polar surface area (TPSA) is 46.3 Å². The van der Waals surface area contributed by atoms with Gasteiger partial charge in [0.1, 0.15) is 0 Å². The highest BCUT2D eigenvalue weighted by Gasteiger charge is 2.33. The van der Waals surface area contributed by atoms with Gasteiger partial charge in [-0.3, -0.25) is 4.79 Å². The van der Waals surface area contributed by atoms with Crippen LogP contribution in [0.3, 0.4) is 0 Å². The van der Waals surface area contributed by atoms with Crippen molar-refractivity contribution < 1.29 is 4.79 Å². The van der Waals surface area contributed by atoms with Crippen LogP contribution in [0.5, 0.6) is 0 Å². The van der Waals surface area contributed by atoms with E-state index in [2.05, 4.69) is 25.1 Å². The Bertz CT molecular complexity index is 478. The number of hydrogen-bond donors (Lipinski definition) is 1. The normalized spacial score (nSPS) is 17.5. The van der Waals surface area contributed by atoms with E-state index in [0.717, 1.165) is 12.8 Å². The van der Waals surface area contributed by atoms with Crippen molar-refractivity contribution in [3.8, 4) is 0 Å². The number of nitrogens with zero attached hydrogens (tertiary/aromatic N) is 1. The minimum Gasteiger partial charge on any atom is -0.341 e. The summed E-state index contributed by atoms with van der Waals surface area (Å²) in [5.41, 5.74) is 8.47. The second-order valence-corrected chi connectivity index (χ2v) is 6.68. The number of hydrogen-bond acceptors (Lipinski definition) is 2. The van der Waals surface area contributed by atoms with Gasteiger partial charge in [-0.05, 0) is 37.3 Å². The molecule has 0 heterocycles. The first-order chi connectivity index (χ1) is 10.0. The van der Waals surface area contributed by atoms with Gasteiger partial charge in [0.25, 0.3) is 0 Å². The van der Waals surface area contributed by atoms with Gasteiger partial charge in [0.05, 0.1) is 0 Å². The summed E-state index contributed by atoms with van der Waals surface area (Å²) in [6, 6.07) is 8.35. The molecule has 1 fully saturated rings. The largest absolute Gasteiger partial charge is 0.341 e. The predicted molar refractivity (Wildman–Crippen MR) is 86.8 cm³/mol. The Hall–Kier alpha value is -1.35. The van der Waals surface area contributed by atoms with Crippen molar-refractivity contribution in [1.29, 1.82) is 0 Å². The molecule has 1 aliphatic carbocycles. The van der Waals surface area contributed by atoms with Crippen molar-refractivity contribution in [1.82, 2.24) is 4.90 Å². The molecule has 0 bridgehead atoms. The fourth-order valence-corrected chi connectivity index (χ4v) is 3.38. The highest BCUT2D eigenvalue weighted by molar-refractivity contribution is 5.76. The van der Waals surface area contributed by atoms with Gasteiger partial charge in [0.2, 0.25) is 5.91 Å². The molecule has 0 unspecified atom stereocenters. The maximum Gasteiger partial charge on any atom is 0.223 e. The zero-order valence-electron chi connectivity index (χ0n) is 13.4. The molecule has 0 radical (unpaired) electrons. The third-order valence-corrected chi connectivity index (χ3v) is 4.80. The smallest absolute Gasteiger partial charge is 0.223 e. The van der Waals surface area contributed by atoms with E-state index in [0.29, 0.717) is 19.5 Å². The molecular weight excluding hydrogens is 260 g/mol. The van der Waals surface area contributed by atoms with Crippen molar-refractivity contribution >= 4 is 5.91 Å². The maximum atomic E-state index is 12.5. The summed E-state index contributed by atoms with van der Waals surface area (Å²) >= 11 is 0. The van der Waals surface area contributed by atoms with Crippen LogP contribution in [0.1, 0.15) is 49.7 Å². The second-order valence-electron chi connectivity index (χ2n) is 6.68. The summed E-state index contributed by atoms with van der Waals surface area (Å²) in [7, 11) is 1.90. The molecule has 1 saturated carbocycles. The van der Waals surface area contributed by atoms with Crippen molar-refractivity contribution in [3.63, 3.8) is 0 Å². The van der Waals surface area contributed by atoms with Crippen LogP contribution in [0.4, 0.5) is 0 Å². The highest BCUT2D eigenvalue weighted by Crippen LogP contribution is 2.38. The monoisotopic (exact) mass is 288 g/mol. The third-order valence-electron chi connectivity index (χ3n) is 4.80. The molecule has 1 amide bonds. The lowest BCUT2D eigenvalue weighted by Crippen LogP contribution is -2.39. The number of aryl methyl sites for hydroxylation is 1. The van der Waals surface area contributed by atoms with Gasteiger partial charge in [-0.15, -0.1) is 0 Å². The molecular formula is C18H28N2O. The lowest BCUT2D eigenvalue weighted by Gasteiger charge is -2.36. The molecule has 0 aliphatic heterocycles. The maximum absolute atomic E-state index is 12.5. The standard InChI is InChI=1S/C18H28N2O/c1-15-7-6-8-16(11-15)13-20(2)17(21)12-18(14-19)9-4-3-5-10-18/h6-8,11H,3-5,9-10,12-14,19H2,1-2H3. The van der Waals surface area contributed by atoms with Crippen LogP contribution < -0.4 is 5.73 Å². The number of amides is 1. The number of rotatable bonds is 5. The van der Waals surface area contributed by atoms with Gasteiger partial charge in [-0.1, -0.05) is 49.1 Å². The molecule has 1 aromatic carbocycles. The van der Waals surface area contributed by atoms with Crippen LogP contribution in [0, 0.1) is 12.3 Å². The van der Waals surface area contributed by atoms with E-state index in [4.69, 9.17) is 5.73 Å². The zero-order chi connectivity index (χ0) is 15.3. The molecule has 3 nitrogen and oxygen atoms in total. The summed E-state index contributed by atoms with van der Waals surface area (Å²) in [4.78, 5) is 14.4. The van der Waals surface area contributed by atoms with Gasteiger partial charge in [-0.2, -0.15) is 0 Å². The molecule has 0 spiro atoms. The summed E-state index contributed by atoms with van der Waals surface area (Å²) in [5, 5.41) is 0. The average Bonchev–Trinajstić information content (AvgIpc) is 2.48. The number of carbonyl (C=O) groups is 1. The molecule has 21 heavy (non-hydrogen) atoms. The zero-order valence-corrected chi connectivity index (χ0v) is 13.4.